The molecule has 2 heterocycles. The van der Waals surface area contributed by atoms with Gasteiger partial charge in [-0.15, -0.1) is 0 Å². The molecule has 1 atom stereocenters. The monoisotopic (exact) mass is 461 g/mol. The number of hydrogen-bond acceptors (Lipinski definition) is 5. The van der Waals surface area contributed by atoms with Gasteiger partial charge in [-0.2, -0.15) is 0 Å². The van der Waals surface area contributed by atoms with E-state index in [1.807, 2.05) is 49.4 Å². The highest BCUT2D eigenvalue weighted by Gasteiger charge is 2.35. The van der Waals surface area contributed by atoms with E-state index in [0.717, 1.165) is 25.1 Å². The topological polar surface area (TPSA) is 79.9 Å². The fraction of sp³-hybridized carbons (Fsp3) is 0.333. The zero-order valence-corrected chi connectivity index (χ0v) is 19.7. The molecule has 0 unspecified atom stereocenters. The average Bonchev–Trinajstić information content (AvgIpc) is 2.85. The maximum Gasteiger partial charge on any atom is 0.338 e. The van der Waals surface area contributed by atoms with Crippen LogP contribution in [0.4, 0.5) is 4.79 Å². The summed E-state index contributed by atoms with van der Waals surface area (Å²) in [5, 5.41) is 5.77. The number of nitrogens with one attached hydrogen (secondary N) is 2. The zero-order valence-electron chi connectivity index (χ0n) is 19.7. The van der Waals surface area contributed by atoms with Gasteiger partial charge in [0, 0.05) is 30.9 Å². The molecule has 2 amide bonds. The lowest BCUT2D eigenvalue weighted by Gasteiger charge is -2.33. The van der Waals surface area contributed by atoms with Gasteiger partial charge in [0.25, 0.3) is 0 Å². The quantitative estimate of drug-likeness (QED) is 0.580. The summed E-state index contributed by atoms with van der Waals surface area (Å²) in [5.41, 5.74) is 4.25. The third kappa shape index (κ3) is 5.31. The molecule has 178 valence electrons. The average molecular weight is 462 g/mol. The summed E-state index contributed by atoms with van der Waals surface area (Å²) in [6.07, 6.45) is 3.11. The summed E-state index contributed by atoms with van der Waals surface area (Å²) >= 11 is 0. The van der Waals surface area contributed by atoms with Gasteiger partial charge in [-0.05, 0) is 37.5 Å². The molecule has 2 aromatic rings. The summed E-state index contributed by atoms with van der Waals surface area (Å²) < 4.78 is 11.2. The molecule has 2 aliphatic heterocycles. The van der Waals surface area contributed by atoms with Crippen LogP contribution in [0.3, 0.4) is 0 Å². The van der Waals surface area contributed by atoms with Gasteiger partial charge in [0.05, 0.1) is 24.8 Å². The van der Waals surface area contributed by atoms with Crippen LogP contribution < -0.4 is 15.4 Å². The van der Waals surface area contributed by atoms with Gasteiger partial charge in [0.2, 0.25) is 0 Å². The van der Waals surface area contributed by atoms with Crippen molar-refractivity contribution in [3.05, 3.63) is 83.1 Å². The summed E-state index contributed by atoms with van der Waals surface area (Å²) in [6, 6.07) is 16.8. The van der Waals surface area contributed by atoms with Crippen molar-refractivity contribution in [3.63, 3.8) is 0 Å². The first kappa shape index (κ1) is 23.6. The van der Waals surface area contributed by atoms with Crippen molar-refractivity contribution in [2.45, 2.75) is 26.3 Å². The molecule has 0 aliphatic carbocycles. The van der Waals surface area contributed by atoms with Crippen LogP contribution in [-0.2, 0) is 9.53 Å². The molecule has 0 spiro atoms. The third-order valence-electron chi connectivity index (χ3n) is 6.00. The highest BCUT2D eigenvalue weighted by atomic mass is 16.5. The number of ether oxygens (including phenoxy) is 2. The van der Waals surface area contributed by atoms with Crippen molar-refractivity contribution in [2.24, 2.45) is 0 Å². The molecule has 2 aromatic carbocycles. The van der Waals surface area contributed by atoms with E-state index in [0.29, 0.717) is 30.2 Å². The van der Waals surface area contributed by atoms with E-state index < -0.39 is 12.0 Å². The van der Waals surface area contributed by atoms with Gasteiger partial charge >= 0.3 is 12.0 Å². The Morgan fingerprint density at radius 3 is 2.53 bits per heavy atom. The van der Waals surface area contributed by atoms with Crippen LogP contribution in [0.25, 0.3) is 5.57 Å². The normalized spacial score (nSPS) is 18.6. The minimum Gasteiger partial charge on any atom is -0.494 e. The largest absolute Gasteiger partial charge is 0.494 e. The maximum atomic E-state index is 13.1. The fourth-order valence-corrected chi connectivity index (χ4v) is 4.42. The Balaban J connectivity index is 1.64. The van der Waals surface area contributed by atoms with Gasteiger partial charge in [-0.3, -0.25) is 4.90 Å². The molecule has 4 rings (SSSR count). The van der Waals surface area contributed by atoms with Crippen LogP contribution in [0.2, 0.25) is 0 Å². The molecule has 7 heteroatoms. The number of urea groups is 1. The molecular weight excluding hydrogens is 430 g/mol. The Morgan fingerprint density at radius 1 is 1.06 bits per heavy atom. The minimum atomic E-state index is -0.661. The zero-order chi connectivity index (χ0) is 23.9. The predicted octanol–water partition coefficient (Wildman–Crippen LogP) is 4.05. The van der Waals surface area contributed by atoms with Crippen molar-refractivity contribution < 1.29 is 19.1 Å². The van der Waals surface area contributed by atoms with Crippen molar-refractivity contribution >= 4 is 17.6 Å². The number of para-hydroxylation sites is 1. The standard InChI is InChI=1S/C27H31N3O4/c1-3-33-23-13-9-8-12-21(23)25-24(26(31)34-4-2)22(28-27(32)29-25)18-30-16-14-20(15-17-30)19-10-6-5-7-11-19/h5-14,25H,3-4,15-18H2,1-2H3,(H2,28,29,32)/t25-/m1/s1. The highest BCUT2D eigenvalue weighted by molar-refractivity contribution is 5.95. The predicted molar refractivity (Wildman–Crippen MR) is 131 cm³/mol. The first-order valence-corrected chi connectivity index (χ1v) is 11.8. The van der Waals surface area contributed by atoms with Gasteiger partial charge in [-0.1, -0.05) is 54.6 Å². The van der Waals surface area contributed by atoms with Crippen LogP contribution in [0, 0.1) is 0 Å². The van der Waals surface area contributed by atoms with Gasteiger partial charge in [0.15, 0.2) is 0 Å². The Hall–Kier alpha value is -3.58. The number of rotatable bonds is 8. The third-order valence-corrected chi connectivity index (χ3v) is 6.00. The van der Waals surface area contributed by atoms with Crippen LogP contribution >= 0.6 is 0 Å². The van der Waals surface area contributed by atoms with Gasteiger partial charge in [-0.25, -0.2) is 9.59 Å². The van der Waals surface area contributed by atoms with Crippen molar-refractivity contribution in [1.29, 1.82) is 0 Å². The molecule has 0 bridgehead atoms. The molecule has 0 radical (unpaired) electrons. The molecule has 7 nitrogen and oxygen atoms in total. The summed E-state index contributed by atoms with van der Waals surface area (Å²) in [4.78, 5) is 28.0. The SMILES string of the molecule is CCOC(=O)C1=C(CN2CC=C(c3ccccc3)CC2)NC(=O)N[C@@H]1c1ccccc1OCC. The minimum absolute atomic E-state index is 0.246. The van der Waals surface area contributed by atoms with Crippen molar-refractivity contribution in [1.82, 2.24) is 15.5 Å². The molecule has 0 saturated carbocycles. The second-order valence-corrected chi connectivity index (χ2v) is 8.20. The van der Waals surface area contributed by atoms with E-state index in [-0.39, 0.29) is 12.6 Å². The van der Waals surface area contributed by atoms with Crippen LogP contribution in [0.15, 0.2) is 71.9 Å². The first-order valence-electron chi connectivity index (χ1n) is 11.8. The van der Waals surface area contributed by atoms with E-state index in [2.05, 4.69) is 33.7 Å². The summed E-state index contributed by atoms with van der Waals surface area (Å²) in [5.74, 6) is 0.186. The van der Waals surface area contributed by atoms with Gasteiger partial charge in [0.1, 0.15) is 5.75 Å². The molecular formula is C27H31N3O4. The number of carbonyl (C=O) groups is 2. The lowest BCUT2D eigenvalue weighted by Crippen LogP contribution is -2.49. The fourth-order valence-electron chi connectivity index (χ4n) is 4.42. The number of amides is 2. The second-order valence-electron chi connectivity index (χ2n) is 8.20. The van der Waals surface area contributed by atoms with E-state index in [1.165, 1.54) is 11.1 Å². The Bertz CT molecular complexity index is 1090. The Kier molecular flexibility index (Phi) is 7.65. The van der Waals surface area contributed by atoms with E-state index in [9.17, 15) is 9.59 Å². The Labute approximate surface area is 200 Å². The number of hydrogen-bond donors (Lipinski definition) is 2. The molecule has 0 aromatic heterocycles. The van der Waals surface area contributed by atoms with E-state index >= 15 is 0 Å². The summed E-state index contributed by atoms with van der Waals surface area (Å²) in [6.45, 7) is 6.39. The molecule has 2 aliphatic rings. The molecule has 34 heavy (non-hydrogen) atoms. The van der Waals surface area contributed by atoms with Crippen molar-refractivity contribution in [3.8, 4) is 5.75 Å². The van der Waals surface area contributed by atoms with Crippen LogP contribution in [0.5, 0.6) is 5.75 Å². The number of benzene rings is 2. The van der Waals surface area contributed by atoms with Crippen LogP contribution in [-0.4, -0.2) is 49.7 Å². The Morgan fingerprint density at radius 2 is 1.82 bits per heavy atom. The van der Waals surface area contributed by atoms with Crippen molar-refractivity contribution in [2.75, 3.05) is 32.8 Å². The smallest absolute Gasteiger partial charge is 0.338 e. The van der Waals surface area contributed by atoms with E-state index in [4.69, 9.17) is 9.47 Å². The second kappa shape index (κ2) is 11.0. The molecule has 0 fully saturated rings. The maximum absolute atomic E-state index is 13.1. The summed E-state index contributed by atoms with van der Waals surface area (Å²) in [7, 11) is 0. The lowest BCUT2D eigenvalue weighted by atomic mass is 9.93. The highest BCUT2D eigenvalue weighted by Crippen LogP contribution is 2.34. The first-order chi connectivity index (χ1) is 16.6. The molecule has 0 saturated heterocycles. The number of esters is 1. The van der Waals surface area contributed by atoms with Gasteiger partial charge < -0.3 is 20.1 Å². The number of carbonyl (C=O) groups excluding carboxylic acids is 2. The number of nitrogens with zero attached hydrogens (tertiary/aromatic N) is 1. The van der Waals surface area contributed by atoms with E-state index in [1.54, 1.807) is 6.92 Å². The molecule has 2 N–H and O–H groups in total. The van der Waals surface area contributed by atoms with Crippen LogP contribution in [0.1, 0.15) is 37.4 Å². The lowest BCUT2D eigenvalue weighted by molar-refractivity contribution is -0.139.